The molecule has 0 bridgehead atoms. The largest absolute Gasteiger partial charge is 0.444 e. The number of hydrogen-bond donors (Lipinski definition) is 4. The Kier molecular flexibility index (Phi) is 17.2. The molecule has 1 heterocycles. The van der Waals surface area contributed by atoms with Gasteiger partial charge in [0.25, 0.3) is 0 Å². The number of benzene rings is 1. The third-order valence-electron chi connectivity index (χ3n) is 10.6. The Morgan fingerprint density at radius 3 is 2.24 bits per heavy atom. The van der Waals surface area contributed by atoms with Crippen molar-refractivity contribution in [3.8, 4) is 0 Å². The quantitative estimate of drug-likeness (QED) is 0.123. The number of carbonyl (C=O) groups is 4. The molecule has 4 N–H and O–H groups in total. The molecule has 0 radical (unpaired) electrons. The van der Waals surface area contributed by atoms with Crippen molar-refractivity contribution >= 4 is 23.8 Å². The fraction of sp³-hybridized carbons (Fsp3) is 0.756. The standard InChI is InChI=1S/C41H68N4O6/c1-8-10-22-34(45-25-23-31(30-20-16-13-17-21-30)36(39(45)49)44-40(50)51-41(5,6)7)38(48)43-33(26-29-18-14-12-15-19-29)35(46)27-32(28(3)4)37(47)42-24-11-9-2/h13,16-17,20-21,28-29,31-36,46H,8-12,14-15,18-19,22-27H2,1-7H3,(H,42,47)(H,43,48)(H,44,50)/t31-,32+,33+,34+,35+,36+/m1/s1. The molecule has 288 valence electrons. The van der Waals surface area contributed by atoms with Crippen LogP contribution in [-0.4, -0.2) is 76.7 Å². The minimum Gasteiger partial charge on any atom is -0.444 e. The molecular formula is C41H68N4O6. The van der Waals surface area contributed by atoms with Crippen LogP contribution in [0.5, 0.6) is 0 Å². The molecule has 0 aromatic heterocycles. The van der Waals surface area contributed by atoms with E-state index in [4.69, 9.17) is 4.74 Å². The fourth-order valence-corrected chi connectivity index (χ4v) is 7.70. The SMILES string of the molecule is CCCCNC(=O)[C@@H](C[C@H](O)[C@H](CC1CCCCC1)NC(=O)[C@H](CCCC)N1CC[C@H](c2ccccc2)[C@H](NC(=O)OC(C)(C)C)C1=O)C(C)C. The predicted molar refractivity (Wildman–Crippen MR) is 202 cm³/mol. The van der Waals surface area contributed by atoms with E-state index < -0.39 is 41.8 Å². The number of aliphatic hydroxyl groups is 1. The lowest BCUT2D eigenvalue weighted by atomic mass is 9.81. The lowest BCUT2D eigenvalue weighted by Crippen LogP contribution is -2.62. The first-order chi connectivity index (χ1) is 24.2. The van der Waals surface area contributed by atoms with Crippen molar-refractivity contribution in [3.05, 3.63) is 35.9 Å². The highest BCUT2D eigenvalue weighted by molar-refractivity contribution is 5.93. The highest BCUT2D eigenvalue weighted by atomic mass is 16.6. The summed E-state index contributed by atoms with van der Waals surface area (Å²) >= 11 is 0. The molecule has 0 spiro atoms. The summed E-state index contributed by atoms with van der Waals surface area (Å²) in [5.41, 5.74) is 0.196. The predicted octanol–water partition coefficient (Wildman–Crippen LogP) is 6.85. The van der Waals surface area contributed by atoms with E-state index in [0.29, 0.717) is 38.3 Å². The number of rotatable bonds is 18. The Morgan fingerprint density at radius 1 is 0.961 bits per heavy atom. The first kappa shape index (κ1) is 42.3. The van der Waals surface area contributed by atoms with Gasteiger partial charge in [-0.1, -0.05) is 109 Å². The highest BCUT2D eigenvalue weighted by Crippen LogP contribution is 2.33. The Bertz CT molecular complexity index is 1230. The van der Waals surface area contributed by atoms with Crippen molar-refractivity contribution in [2.24, 2.45) is 17.8 Å². The number of hydrogen-bond acceptors (Lipinski definition) is 6. The van der Waals surface area contributed by atoms with Crippen molar-refractivity contribution in [2.45, 2.75) is 168 Å². The monoisotopic (exact) mass is 713 g/mol. The van der Waals surface area contributed by atoms with Crippen LogP contribution in [0, 0.1) is 17.8 Å². The van der Waals surface area contributed by atoms with E-state index in [1.807, 2.05) is 44.2 Å². The van der Waals surface area contributed by atoms with E-state index in [2.05, 4.69) is 29.8 Å². The second-order valence-corrected chi connectivity index (χ2v) is 16.3. The average Bonchev–Trinajstić information content (AvgIpc) is 3.08. The minimum atomic E-state index is -0.923. The maximum absolute atomic E-state index is 14.4. The summed E-state index contributed by atoms with van der Waals surface area (Å²) in [5, 5.41) is 20.9. The van der Waals surface area contributed by atoms with Crippen molar-refractivity contribution in [1.29, 1.82) is 0 Å². The van der Waals surface area contributed by atoms with Gasteiger partial charge in [0.2, 0.25) is 17.7 Å². The smallest absolute Gasteiger partial charge is 0.408 e. The van der Waals surface area contributed by atoms with E-state index in [9.17, 15) is 24.3 Å². The molecule has 1 saturated heterocycles. The second-order valence-electron chi connectivity index (χ2n) is 16.3. The molecule has 2 fully saturated rings. The second kappa shape index (κ2) is 20.8. The van der Waals surface area contributed by atoms with Crippen LogP contribution in [0.25, 0.3) is 0 Å². The Hall–Kier alpha value is -3.14. The van der Waals surface area contributed by atoms with Gasteiger partial charge in [-0.15, -0.1) is 0 Å². The number of amides is 4. The number of likely N-dealkylation sites (tertiary alicyclic amines) is 1. The zero-order valence-corrected chi connectivity index (χ0v) is 32.5. The normalized spacial score (nSPS) is 21.0. The minimum absolute atomic E-state index is 0.0162. The number of nitrogens with one attached hydrogen (secondary N) is 3. The first-order valence-corrected chi connectivity index (χ1v) is 19.9. The molecule has 2 aliphatic rings. The zero-order valence-electron chi connectivity index (χ0n) is 32.5. The summed E-state index contributed by atoms with van der Waals surface area (Å²) in [7, 11) is 0. The fourth-order valence-electron chi connectivity index (χ4n) is 7.70. The number of ether oxygens (including phenoxy) is 1. The number of nitrogens with zero attached hydrogens (tertiary/aromatic N) is 1. The molecule has 10 nitrogen and oxygen atoms in total. The van der Waals surface area contributed by atoms with Crippen LogP contribution in [0.2, 0.25) is 0 Å². The van der Waals surface area contributed by atoms with Gasteiger partial charge in [-0.2, -0.15) is 0 Å². The third-order valence-corrected chi connectivity index (χ3v) is 10.6. The molecule has 1 aromatic rings. The van der Waals surface area contributed by atoms with Crippen LogP contribution in [0.3, 0.4) is 0 Å². The van der Waals surface area contributed by atoms with Gasteiger partial charge in [0.05, 0.1) is 12.1 Å². The summed E-state index contributed by atoms with van der Waals surface area (Å²) in [5.74, 6) is -0.954. The van der Waals surface area contributed by atoms with Crippen LogP contribution >= 0.6 is 0 Å². The van der Waals surface area contributed by atoms with Gasteiger partial charge in [0.15, 0.2) is 0 Å². The maximum Gasteiger partial charge on any atom is 0.408 e. The number of carbonyl (C=O) groups excluding carboxylic acids is 4. The summed E-state index contributed by atoms with van der Waals surface area (Å²) in [4.78, 5) is 56.8. The summed E-state index contributed by atoms with van der Waals surface area (Å²) in [6.07, 6.45) is 9.31. The van der Waals surface area contributed by atoms with Gasteiger partial charge in [0.1, 0.15) is 17.7 Å². The number of unbranched alkanes of at least 4 members (excludes halogenated alkanes) is 2. The van der Waals surface area contributed by atoms with Crippen LogP contribution < -0.4 is 16.0 Å². The van der Waals surface area contributed by atoms with Crippen molar-refractivity contribution < 1.29 is 29.0 Å². The average molecular weight is 713 g/mol. The number of piperidine rings is 1. The van der Waals surface area contributed by atoms with Crippen LogP contribution in [0.15, 0.2) is 30.3 Å². The van der Waals surface area contributed by atoms with Gasteiger partial charge >= 0.3 is 6.09 Å². The zero-order chi connectivity index (χ0) is 37.6. The van der Waals surface area contributed by atoms with E-state index in [1.165, 1.54) is 6.42 Å². The van der Waals surface area contributed by atoms with Gasteiger partial charge in [-0.05, 0) is 70.3 Å². The van der Waals surface area contributed by atoms with Crippen molar-refractivity contribution in [2.75, 3.05) is 13.1 Å². The van der Waals surface area contributed by atoms with Gasteiger partial charge in [-0.3, -0.25) is 14.4 Å². The van der Waals surface area contributed by atoms with Crippen LogP contribution in [-0.2, 0) is 19.1 Å². The van der Waals surface area contributed by atoms with Crippen molar-refractivity contribution in [3.63, 3.8) is 0 Å². The van der Waals surface area contributed by atoms with Gasteiger partial charge < -0.3 is 30.7 Å². The topological polar surface area (TPSA) is 137 Å². The van der Waals surface area contributed by atoms with Crippen molar-refractivity contribution in [1.82, 2.24) is 20.9 Å². The molecule has 10 heteroatoms. The molecule has 6 atom stereocenters. The van der Waals surface area contributed by atoms with Gasteiger partial charge in [-0.25, -0.2) is 4.79 Å². The Morgan fingerprint density at radius 2 is 1.63 bits per heavy atom. The van der Waals surface area contributed by atoms with Crippen LogP contribution in [0.1, 0.15) is 143 Å². The molecule has 1 saturated carbocycles. The summed E-state index contributed by atoms with van der Waals surface area (Å²) < 4.78 is 5.57. The lowest BCUT2D eigenvalue weighted by molar-refractivity contribution is -0.146. The summed E-state index contributed by atoms with van der Waals surface area (Å²) in [6, 6.07) is 7.46. The van der Waals surface area contributed by atoms with Crippen LogP contribution in [0.4, 0.5) is 4.79 Å². The lowest BCUT2D eigenvalue weighted by Gasteiger charge is -2.42. The highest BCUT2D eigenvalue weighted by Gasteiger charge is 2.44. The molecule has 51 heavy (non-hydrogen) atoms. The molecule has 3 rings (SSSR count). The van der Waals surface area contributed by atoms with E-state index in [-0.39, 0.29) is 36.0 Å². The first-order valence-electron chi connectivity index (χ1n) is 19.9. The Labute approximate surface area is 307 Å². The molecule has 1 aliphatic carbocycles. The maximum atomic E-state index is 14.4. The van der Waals surface area contributed by atoms with E-state index >= 15 is 0 Å². The molecule has 1 aromatic carbocycles. The Balaban J connectivity index is 1.88. The van der Waals surface area contributed by atoms with Gasteiger partial charge in [0, 0.05) is 24.9 Å². The summed E-state index contributed by atoms with van der Waals surface area (Å²) in [6.45, 7) is 14.4. The molecule has 1 aliphatic heterocycles. The van der Waals surface area contributed by atoms with E-state index in [1.54, 1.807) is 25.7 Å². The molecule has 4 amide bonds. The van der Waals surface area contributed by atoms with E-state index in [0.717, 1.165) is 56.9 Å². The molecule has 0 unspecified atom stereocenters. The third kappa shape index (κ3) is 13.4. The number of aliphatic hydroxyl groups excluding tert-OH is 1. The molecular weight excluding hydrogens is 644 g/mol. The number of alkyl carbamates (subject to hydrolysis) is 1.